The summed E-state index contributed by atoms with van der Waals surface area (Å²) in [6, 6.07) is 3.01. The minimum atomic E-state index is -0.265. The maximum Gasteiger partial charge on any atom is 0.130 e. The Morgan fingerprint density at radius 2 is 2.27 bits per heavy atom. The summed E-state index contributed by atoms with van der Waals surface area (Å²) in [6.45, 7) is 7.40. The van der Waals surface area contributed by atoms with Crippen LogP contribution in [0.3, 0.4) is 0 Å². The van der Waals surface area contributed by atoms with Gasteiger partial charge in [0.2, 0.25) is 0 Å². The monoisotopic (exact) mass is 208 g/mol. The molecule has 82 valence electrons. The molecule has 3 heteroatoms. The molecular weight excluding hydrogens is 191 g/mol. The maximum absolute atomic E-state index is 13.6. The average molecular weight is 208 g/mol. The molecule has 0 amide bonds. The van der Waals surface area contributed by atoms with Crippen LogP contribution in [-0.4, -0.2) is 0 Å². The van der Waals surface area contributed by atoms with Crippen LogP contribution >= 0.6 is 0 Å². The number of hydrogen-bond acceptors (Lipinski definition) is 2. The fourth-order valence-electron chi connectivity index (χ4n) is 1.47. The lowest BCUT2D eigenvalue weighted by Gasteiger charge is -2.14. The summed E-state index contributed by atoms with van der Waals surface area (Å²) >= 11 is 0. The maximum atomic E-state index is 13.6. The summed E-state index contributed by atoms with van der Waals surface area (Å²) in [4.78, 5) is 0. The van der Waals surface area contributed by atoms with E-state index in [1.807, 2.05) is 13.8 Å². The molecule has 0 aliphatic carbocycles. The van der Waals surface area contributed by atoms with Crippen molar-refractivity contribution in [2.24, 2.45) is 5.73 Å². The molecular formula is C12H17FN2. The van der Waals surface area contributed by atoms with Gasteiger partial charge in [0.05, 0.1) is 0 Å². The van der Waals surface area contributed by atoms with E-state index in [1.165, 1.54) is 12.3 Å². The van der Waals surface area contributed by atoms with Crippen LogP contribution in [0.5, 0.6) is 0 Å². The third kappa shape index (κ3) is 2.57. The van der Waals surface area contributed by atoms with E-state index >= 15 is 0 Å². The summed E-state index contributed by atoms with van der Waals surface area (Å²) in [7, 11) is 0. The van der Waals surface area contributed by atoms with Gasteiger partial charge in [0, 0.05) is 17.3 Å². The van der Waals surface area contributed by atoms with Gasteiger partial charge < -0.3 is 11.1 Å². The minimum Gasteiger partial charge on any atom is -0.362 e. The summed E-state index contributed by atoms with van der Waals surface area (Å²) in [5.74, 6) is -0.265. The van der Waals surface area contributed by atoms with Crippen LogP contribution in [-0.2, 0) is 0 Å². The molecule has 2 nitrogen and oxygen atoms in total. The Balaban J connectivity index is 3.12. The van der Waals surface area contributed by atoms with Crippen molar-refractivity contribution < 1.29 is 4.39 Å². The number of aryl methyl sites for hydroxylation is 1. The molecule has 1 aromatic carbocycles. The number of nitrogens with one attached hydrogen (secondary N) is 1. The highest BCUT2D eigenvalue weighted by atomic mass is 19.1. The highest BCUT2D eigenvalue weighted by molar-refractivity contribution is 5.54. The molecule has 0 saturated heterocycles. The zero-order valence-electron chi connectivity index (χ0n) is 9.18. The molecule has 0 unspecified atom stereocenters. The minimum absolute atomic E-state index is 0.235. The largest absolute Gasteiger partial charge is 0.362 e. The van der Waals surface area contributed by atoms with E-state index in [-0.39, 0.29) is 11.9 Å². The van der Waals surface area contributed by atoms with E-state index in [0.29, 0.717) is 5.56 Å². The molecule has 0 bridgehead atoms. The van der Waals surface area contributed by atoms with Crippen molar-refractivity contribution in [3.63, 3.8) is 0 Å². The van der Waals surface area contributed by atoms with E-state index in [4.69, 9.17) is 5.73 Å². The van der Waals surface area contributed by atoms with Gasteiger partial charge in [-0.15, -0.1) is 0 Å². The number of anilines is 1. The summed E-state index contributed by atoms with van der Waals surface area (Å²) in [5.41, 5.74) is 8.08. The van der Waals surface area contributed by atoms with E-state index in [0.717, 1.165) is 17.7 Å². The van der Waals surface area contributed by atoms with Crippen LogP contribution in [0, 0.1) is 12.7 Å². The summed E-state index contributed by atoms with van der Waals surface area (Å²) < 4.78 is 13.6. The smallest absolute Gasteiger partial charge is 0.130 e. The molecule has 0 radical (unpaired) electrons. The standard InChI is InChI=1S/C12H17FN2/c1-4-11(14)9-6-8(3)12(15-5-2)7-10(9)13/h5-7,11,15H,2,4,14H2,1,3H3/t11-/m1/s1. The summed E-state index contributed by atoms with van der Waals surface area (Å²) in [5, 5.41) is 2.88. The Hall–Kier alpha value is -1.35. The average Bonchev–Trinajstić information content (AvgIpc) is 2.22. The lowest BCUT2D eigenvalue weighted by atomic mass is 10.0. The highest BCUT2D eigenvalue weighted by Crippen LogP contribution is 2.24. The number of halogens is 1. The normalized spacial score (nSPS) is 12.3. The molecule has 0 fully saturated rings. The first kappa shape index (κ1) is 11.7. The second kappa shape index (κ2) is 4.94. The topological polar surface area (TPSA) is 38.0 Å². The first-order valence-electron chi connectivity index (χ1n) is 5.03. The molecule has 0 aliphatic heterocycles. The number of hydrogen-bond donors (Lipinski definition) is 2. The molecule has 1 aromatic rings. The quantitative estimate of drug-likeness (QED) is 0.798. The third-order valence-corrected chi connectivity index (χ3v) is 2.44. The summed E-state index contributed by atoms with van der Waals surface area (Å²) in [6.07, 6.45) is 2.26. The van der Waals surface area contributed by atoms with E-state index < -0.39 is 0 Å². The van der Waals surface area contributed by atoms with Crippen molar-refractivity contribution >= 4 is 5.69 Å². The molecule has 0 aliphatic rings. The predicted octanol–water partition coefficient (Wildman–Crippen LogP) is 3.10. The van der Waals surface area contributed by atoms with Gasteiger partial charge in [-0.1, -0.05) is 13.5 Å². The first-order valence-corrected chi connectivity index (χ1v) is 5.03. The molecule has 0 aromatic heterocycles. The van der Waals surface area contributed by atoms with E-state index in [1.54, 1.807) is 6.07 Å². The Kier molecular flexibility index (Phi) is 3.86. The van der Waals surface area contributed by atoms with Crippen molar-refractivity contribution in [2.75, 3.05) is 5.32 Å². The third-order valence-electron chi connectivity index (χ3n) is 2.44. The molecule has 15 heavy (non-hydrogen) atoms. The van der Waals surface area contributed by atoms with Crippen LogP contribution in [0.2, 0.25) is 0 Å². The molecule has 1 atom stereocenters. The number of rotatable bonds is 4. The molecule has 1 rings (SSSR count). The number of benzene rings is 1. The Morgan fingerprint density at radius 1 is 1.60 bits per heavy atom. The van der Waals surface area contributed by atoms with E-state index in [9.17, 15) is 4.39 Å². The van der Waals surface area contributed by atoms with Gasteiger partial charge in [0.25, 0.3) is 0 Å². The number of nitrogens with two attached hydrogens (primary N) is 1. The van der Waals surface area contributed by atoms with Crippen LogP contribution < -0.4 is 11.1 Å². The molecule has 0 heterocycles. The Bertz CT molecular complexity index is 361. The lowest BCUT2D eigenvalue weighted by Crippen LogP contribution is -2.11. The van der Waals surface area contributed by atoms with Gasteiger partial charge >= 0.3 is 0 Å². The highest BCUT2D eigenvalue weighted by Gasteiger charge is 2.11. The fraction of sp³-hybridized carbons (Fsp3) is 0.333. The Labute approximate surface area is 90.0 Å². The lowest BCUT2D eigenvalue weighted by molar-refractivity contribution is 0.575. The SMILES string of the molecule is C=CNc1cc(F)c([C@H](N)CC)cc1C. The van der Waals surface area contributed by atoms with Crippen LogP contribution in [0.1, 0.15) is 30.5 Å². The zero-order chi connectivity index (χ0) is 11.4. The van der Waals surface area contributed by atoms with Gasteiger partial charge in [-0.05, 0) is 37.2 Å². The predicted molar refractivity (Wildman–Crippen MR) is 62.2 cm³/mol. The van der Waals surface area contributed by atoms with Crippen molar-refractivity contribution in [3.8, 4) is 0 Å². The van der Waals surface area contributed by atoms with E-state index in [2.05, 4.69) is 11.9 Å². The first-order chi connectivity index (χ1) is 7.10. The molecule has 3 N–H and O–H groups in total. The van der Waals surface area contributed by atoms with Crippen LogP contribution in [0.25, 0.3) is 0 Å². The van der Waals surface area contributed by atoms with Crippen molar-refractivity contribution in [3.05, 3.63) is 41.9 Å². The van der Waals surface area contributed by atoms with Gasteiger partial charge in [-0.3, -0.25) is 0 Å². The molecule has 0 saturated carbocycles. The Morgan fingerprint density at radius 3 is 2.80 bits per heavy atom. The second-order valence-corrected chi connectivity index (χ2v) is 3.55. The van der Waals surface area contributed by atoms with Gasteiger partial charge in [0.15, 0.2) is 0 Å². The fourth-order valence-corrected chi connectivity index (χ4v) is 1.47. The van der Waals surface area contributed by atoms with Gasteiger partial charge in [-0.2, -0.15) is 0 Å². The van der Waals surface area contributed by atoms with Crippen LogP contribution in [0.15, 0.2) is 24.9 Å². The van der Waals surface area contributed by atoms with Gasteiger partial charge in [0.1, 0.15) is 5.82 Å². The van der Waals surface area contributed by atoms with Crippen LogP contribution in [0.4, 0.5) is 10.1 Å². The second-order valence-electron chi connectivity index (χ2n) is 3.55. The van der Waals surface area contributed by atoms with Crippen molar-refractivity contribution in [1.82, 2.24) is 0 Å². The van der Waals surface area contributed by atoms with Crippen molar-refractivity contribution in [1.29, 1.82) is 0 Å². The zero-order valence-corrected chi connectivity index (χ0v) is 9.18. The van der Waals surface area contributed by atoms with Gasteiger partial charge in [-0.25, -0.2) is 4.39 Å². The molecule has 0 spiro atoms. The van der Waals surface area contributed by atoms with Crippen molar-refractivity contribution in [2.45, 2.75) is 26.3 Å².